The van der Waals surface area contributed by atoms with Crippen LogP contribution >= 0.6 is 22.9 Å². The summed E-state index contributed by atoms with van der Waals surface area (Å²) in [6, 6.07) is 12.7. The Bertz CT molecular complexity index is 1080. The first-order valence-corrected chi connectivity index (χ1v) is 9.72. The standard InChI is InChI=1S/C20H18ClN3O4S/c1-27-13-7-8-15(28-2)12(9-13)10-23-24-17(25)11-22-20(26)19-18(21)14-5-3-4-6-16(14)29-19/h3-10H,11H2,1-2H3,(H,22,26)(H,24,25). The Morgan fingerprint density at radius 2 is 1.97 bits per heavy atom. The first-order valence-electron chi connectivity index (χ1n) is 8.52. The van der Waals surface area contributed by atoms with Gasteiger partial charge in [0.05, 0.1) is 32.0 Å². The molecule has 0 saturated carbocycles. The molecule has 0 atom stereocenters. The molecule has 1 aromatic heterocycles. The van der Waals surface area contributed by atoms with Crippen LogP contribution in [0.1, 0.15) is 15.2 Å². The summed E-state index contributed by atoms with van der Waals surface area (Å²) in [4.78, 5) is 24.7. The van der Waals surface area contributed by atoms with Gasteiger partial charge < -0.3 is 14.8 Å². The molecule has 0 fully saturated rings. The van der Waals surface area contributed by atoms with E-state index in [-0.39, 0.29) is 6.54 Å². The molecule has 0 aliphatic rings. The van der Waals surface area contributed by atoms with Gasteiger partial charge in [0.1, 0.15) is 16.4 Å². The van der Waals surface area contributed by atoms with Crippen LogP contribution in [-0.4, -0.2) is 38.8 Å². The number of ether oxygens (including phenoxy) is 2. The number of nitrogens with zero attached hydrogens (tertiary/aromatic N) is 1. The number of nitrogens with one attached hydrogen (secondary N) is 2. The van der Waals surface area contributed by atoms with E-state index in [4.69, 9.17) is 21.1 Å². The van der Waals surface area contributed by atoms with E-state index in [9.17, 15) is 9.59 Å². The SMILES string of the molecule is COc1ccc(OC)c(C=NNC(=O)CNC(=O)c2sc3ccccc3c2Cl)c1. The Labute approximate surface area is 176 Å². The number of benzene rings is 2. The van der Waals surface area contributed by atoms with Crippen molar-refractivity contribution in [1.82, 2.24) is 10.7 Å². The van der Waals surface area contributed by atoms with Crippen LogP contribution in [0.25, 0.3) is 10.1 Å². The van der Waals surface area contributed by atoms with Gasteiger partial charge in [0.2, 0.25) is 0 Å². The van der Waals surface area contributed by atoms with Gasteiger partial charge in [-0.1, -0.05) is 29.8 Å². The lowest BCUT2D eigenvalue weighted by atomic mass is 10.2. The van der Waals surface area contributed by atoms with Crippen molar-refractivity contribution in [2.45, 2.75) is 0 Å². The Balaban J connectivity index is 1.58. The number of hydrazone groups is 1. The fourth-order valence-corrected chi connectivity index (χ4v) is 3.99. The van der Waals surface area contributed by atoms with E-state index in [1.807, 2.05) is 24.3 Å². The second-order valence-corrected chi connectivity index (χ2v) is 7.26. The molecule has 0 aliphatic carbocycles. The average Bonchev–Trinajstić information content (AvgIpc) is 3.08. The molecule has 0 radical (unpaired) electrons. The number of hydrogen-bond acceptors (Lipinski definition) is 6. The summed E-state index contributed by atoms with van der Waals surface area (Å²) in [5, 5.41) is 7.63. The molecular weight excluding hydrogens is 414 g/mol. The fraction of sp³-hybridized carbons (Fsp3) is 0.150. The van der Waals surface area contributed by atoms with Gasteiger partial charge in [0, 0.05) is 15.6 Å². The zero-order chi connectivity index (χ0) is 20.8. The number of rotatable bonds is 7. The van der Waals surface area contributed by atoms with Crippen molar-refractivity contribution in [2.24, 2.45) is 5.10 Å². The minimum atomic E-state index is -0.478. The minimum Gasteiger partial charge on any atom is -0.497 e. The number of thiophene rings is 1. The van der Waals surface area contributed by atoms with E-state index in [1.165, 1.54) is 24.7 Å². The number of carbonyl (C=O) groups is 2. The van der Waals surface area contributed by atoms with Crippen molar-refractivity contribution in [3.05, 3.63) is 57.9 Å². The van der Waals surface area contributed by atoms with E-state index in [2.05, 4.69) is 15.8 Å². The summed E-state index contributed by atoms with van der Waals surface area (Å²) in [5.41, 5.74) is 2.99. The zero-order valence-electron chi connectivity index (χ0n) is 15.7. The van der Waals surface area contributed by atoms with Crippen LogP contribution in [0.5, 0.6) is 11.5 Å². The van der Waals surface area contributed by atoms with Crippen LogP contribution < -0.4 is 20.2 Å². The summed E-state index contributed by atoms with van der Waals surface area (Å²) in [5.74, 6) is 0.320. The van der Waals surface area contributed by atoms with Crippen LogP contribution in [0.2, 0.25) is 5.02 Å². The summed E-state index contributed by atoms with van der Waals surface area (Å²) in [7, 11) is 3.09. The molecule has 29 heavy (non-hydrogen) atoms. The van der Waals surface area contributed by atoms with Crippen molar-refractivity contribution in [3.63, 3.8) is 0 Å². The molecule has 0 aliphatic heterocycles. The first kappa shape index (κ1) is 20.6. The van der Waals surface area contributed by atoms with E-state index in [0.717, 1.165) is 10.1 Å². The Morgan fingerprint density at radius 3 is 2.69 bits per heavy atom. The summed E-state index contributed by atoms with van der Waals surface area (Å²) in [6.45, 7) is -0.240. The van der Waals surface area contributed by atoms with Gasteiger partial charge in [-0.15, -0.1) is 11.3 Å². The van der Waals surface area contributed by atoms with Crippen molar-refractivity contribution < 1.29 is 19.1 Å². The maximum Gasteiger partial charge on any atom is 0.263 e. The fourth-order valence-electron chi connectivity index (χ4n) is 2.55. The normalized spacial score (nSPS) is 10.9. The Hall–Kier alpha value is -3.10. The van der Waals surface area contributed by atoms with Crippen molar-refractivity contribution >= 4 is 51.1 Å². The topological polar surface area (TPSA) is 89.0 Å². The van der Waals surface area contributed by atoms with Gasteiger partial charge >= 0.3 is 0 Å². The highest BCUT2D eigenvalue weighted by Crippen LogP contribution is 2.34. The zero-order valence-corrected chi connectivity index (χ0v) is 17.3. The molecule has 9 heteroatoms. The highest BCUT2D eigenvalue weighted by molar-refractivity contribution is 7.21. The van der Waals surface area contributed by atoms with Gasteiger partial charge in [-0.25, -0.2) is 5.43 Å². The van der Waals surface area contributed by atoms with Crippen molar-refractivity contribution in [1.29, 1.82) is 0 Å². The molecule has 2 amide bonds. The Morgan fingerprint density at radius 1 is 1.17 bits per heavy atom. The second-order valence-electron chi connectivity index (χ2n) is 5.83. The van der Waals surface area contributed by atoms with E-state index >= 15 is 0 Å². The lowest BCUT2D eigenvalue weighted by Gasteiger charge is -2.07. The van der Waals surface area contributed by atoms with Crippen LogP contribution in [0, 0.1) is 0 Å². The predicted molar refractivity (Wildman–Crippen MR) is 114 cm³/mol. The second kappa shape index (κ2) is 9.40. The molecule has 2 aromatic carbocycles. The van der Waals surface area contributed by atoms with E-state index < -0.39 is 11.8 Å². The average molecular weight is 432 g/mol. The van der Waals surface area contributed by atoms with Crippen LogP contribution in [0.4, 0.5) is 0 Å². The number of amides is 2. The minimum absolute atomic E-state index is 0.240. The van der Waals surface area contributed by atoms with Crippen LogP contribution in [0.15, 0.2) is 47.6 Å². The number of hydrogen-bond donors (Lipinski definition) is 2. The van der Waals surface area contributed by atoms with Gasteiger partial charge in [0.25, 0.3) is 11.8 Å². The van der Waals surface area contributed by atoms with Crippen molar-refractivity contribution in [2.75, 3.05) is 20.8 Å². The highest BCUT2D eigenvalue weighted by Gasteiger charge is 2.17. The van der Waals surface area contributed by atoms with Gasteiger partial charge in [-0.3, -0.25) is 9.59 Å². The van der Waals surface area contributed by atoms with E-state index in [1.54, 1.807) is 25.3 Å². The quantitative estimate of drug-likeness (QED) is 0.443. The molecule has 0 saturated heterocycles. The van der Waals surface area contributed by atoms with Crippen LogP contribution in [0.3, 0.4) is 0 Å². The molecule has 150 valence electrons. The molecule has 3 rings (SSSR count). The molecule has 1 heterocycles. The molecule has 0 spiro atoms. The summed E-state index contributed by atoms with van der Waals surface area (Å²) < 4.78 is 11.3. The largest absolute Gasteiger partial charge is 0.497 e. The molecule has 2 N–H and O–H groups in total. The molecular formula is C20H18ClN3O4S. The number of carbonyl (C=O) groups excluding carboxylic acids is 2. The third-order valence-electron chi connectivity index (χ3n) is 3.98. The molecule has 7 nitrogen and oxygen atoms in total. The van der Waals surface area contributed by atoms with E-state index in [0.29, 0.717) is 27.0 Å². The molecule has 3 aromatic rings. The van der Waals surface area contributed by atoms with Gasteiger partial charge in [-0.2, -0.15) is 5.10 Å². The van der Waals surface area contributed by atoms with Gasteiger partial charge in [-0.05, 0) is 24.3 Å². The molecule has 0 unspecified atom stereocenters. The molecule has 0 bridgehead atoms. The summed E-state index contributed by atoms with van der Waals surface area (Å²) >= 11 is 7.55. The number of fused-ring (bicyclic) bond motifs is 1. The monoisotopic (exact) mass is 431 g/mol. The number of halogens is 1. The first-order chi connectivity index (χ1) is 14.0. The third kappa shape index (κ3) is 4.85. The van der Waals surface area contributed by atoms with Crippen LogP contribution in [-0.2, 0) is 4.79 Å². The summed E-state index contributed by atoms with van der Waals surface area (Å²) in [6.07, 6.45) is 1.43. The lowest BCUT2D eigenvalue weighted by molar-refractivity contribution is -0.120. The van der Waals surface area contributed by atoms with Gasteiger partial charge in [0.15, 0.2) is 0 Å². The maximum atomic E-state index is 12.4. The lowest BCUT2D eigenvalue weighted by Crippen LogP contribution is -2.34. The highest BCUT2D eigenvalue weighted by atomic mass is 35.5. The number of methoxy groups -OCH3 is 2. The Kier molecular flexibility index (Phi) is 6.69. The van der Waals surface area contributed by atoms with Crippen molar-refractivity contribution in [3.8, 4) is 11.5 Å². The third-order valence-corrected chi connectivity index (χ3v) is 5.65. The maximum absolute atomic E-state index is 12.4. The predicted octanol–water partition coefficient (Wildman–Crippen LogP) is 3.45. The smallest absolute Gasteiger partial charge is 0.263 e.